The number of sulfonamides is 1. The largest absolute Gasteiger partial charge is 0.376 e. The maximum atomic E-state index is 13.3. The summed E-state index contributed by atoms with van der Waals surface area (Å²) in [6.45, 7) is 7.98. The maximum absolute atomic E-state index is 13.3. The van der Waals surface area contributed by atoms with Crippen LogP contribution in [0.15, 0.2) is 53.4 Å². The van der Waals surface area contributed by atoms with Gasteiger partial charge in [-0.3, -0.25) is 19.3 Å². The van der Waals surface area contributed by atoms with Gasteiger partial charge in [-0.25, -0.2) is 8.42 Å². The van der Waals surface area contributed by atoms with Crippen molar-refractivity contribution in [2.24, 2.45) is 0 Å². The highest BCUT2D eigenvalue weighted by molar-refractivity contribution is 7.92. The first-order valence-electron chi connectivity index (χ1n) is 11.8. The highest BCUT2D eigenvalue weighted by Gasteiger charge is 2.32. The molecule has 10 heteroatoms. The fourth-order valence-electron chi connectivity index (χ4n) is 4.94. The monoisotopic (exact) mass is 488 g/mol. The smallest absolute Gasteiger partial charge is 0.293 e. The number of anilines is 2. The van der Waals surface area contributed by atoms with Crippen molar-refractivity contribution < 1.29 is 18.1 Å². The number of ether oxygens (including phenoxy) is 1. The van der Waals surface area contributed by atoms with Crippen molar-refractivity contribution in [1.29, 1.82) is 0 Å². The van der Waals surface area contributed by atoms with Gasteiger partial charge >= 0.3 is 0 Å². The lowest BCUT2D eigenvalue weighted by Gasteiger charge is -2.42. The molecule has 2 saturated heterocycles. The number of hydrogen-bond donors (Lipinski definition) is 0. The number of morpholine rings is 1. The zero-order valence-corrected chi connectivity index (χ0v) is 20.5. The van der Waals surface area contributed by atoms with E-state index in [0.29, 0.717) is 30.5 Å². The van der Waals surface area contributed by atoms with Crippen molar-refractivity contribution in [3.8, 4) is 0 Å². The molecular weight excluding hydrogens is 456 g/mol. The van der Waals surface area contributed by atoms with Crippen LogP contribution in [-0.4, -0.2) is 69.7 Å². The summed E-state index contributed by atoms with van der Waals surface area (Å²) in [5.74, 6) is 0. The fraction of sp³-hybridized carbons (Fsp3) is 0.500. The van der Waals surface area contributed by atoms with Crippen LogP contribution in [0.5, 0.6) is 0 Å². The van der Waals surface area contributed by atoms with Crippen LogP contribution in [0.3, 0.4) is 0 Å². The Labute approximate surface area is 201 Å². The number of hydrogen-bond acceptors (Lipinski definition) is 7. The maximum Gasteiger partial charge on any atom is 0.293 e. The summed E-state index contributed by atoms with van der Waals surface area (Å²) in [5, 5.41) is 11.9. The first-order valence-corrected chi connectivity index (χ1v) is 13.2. The molecule has 2 aliphatic rings. The second-order valence-corrected chi connectivity index (χ2v) is 10.7. The van der Waals surface area contributed by atoms with Gasteiger partial charge in [-0.1, -0.05) is 18.2 Å². The SMILES string of the molecule is CCN(c1ccccc1)S(=O)(=O)c1ccc(N2CCC(N3CCO[C@H](C)C3)CC2)c([N+](=O)[O-])c1. The van der Waals surface area contributed by atoms with E-state index in [1.165, 1.54) is 16.4 Å². The lowest BCUT2D eigenvalue weighted by atomic mass is 10.0. The Morgan fingerprint density at radius 3 is 2.44 bits per heavy atom. The summed E-state index contributed by atoms with van der Waals surface area (Å²) in [4.78, 5) is 15.8. The first kappa shape index (κ1) is 24.4. The molecule has 2 aromatic rings. The topological polar surface area (TPSA) is 96.2 Å². The van der Waals surface area contributed by atoms with E-state index in [0.717, 1.165) is 32.5 Å². The average Bonchev–Trinajstić information content (AvgIpc) is 2.84. The van der Waals surface area contributed by atoms with Crippen molar-refractivity contribution in [2.75, 3.05) is 48.5 Å². The molecule has 0 saturated carbocycles. The predicted molar refractivity (Wildman–Crippen MR) is 132 cm³/mol. The molecule has 2 aliphatic heterocycles. The lowest BCUT2D eigenvalue weighted by Crippen LogP contribution is -2.51. The van der Waals surface area contributed by atoms with Crippen LogP contribution < -0.4 is 9.21 Å². The van der Waals surface area contributed by atoms with Gasteiger partial charge in [0.2, 0.25) is 0 Å². The third-order valence-corrected chi connectivity index (χ3v) is 8.56. The molecule has 1 atom stereocenters. The number of piperidine rings is 1. The molecule has 0 aromatic heterocycles. The van der Waals surface area contributed by atoms with Gasteiger partial charge in [-0.05, 0) is 51.0 Å². The molecule has 0 N–H and O–H groups in total. The molecule has 0 bridgehead atoms. The highest BCUT2D eigenvalue weighted by Crippen LogP contribution is 2.35. The Bertz CT molecular complexity index is 1100. The summed E-state index contributed by atoms with van der Waals surface area (Å²) in [7, 11) is -3.94. The minimum Gasteiger partial charge on any atom is -0.376 e. The second-order valence-electron chi connectivity index (χ2n) is 8.81. The fourth-order valence-corrected chi connectivity index (χ4v) is 6.43. The van der Waals surface area contributed by atoms with Crippen molar-refractivity contribution in [2.45, 2.75) is 43.7 Å². The summed E-state index contributed by atoms with van der Waals surface area (Å²) >= 11 is 0. The minimum atomic E-state index is -3.94. The Morgan fingerprint density at radius 1 is 1.12 bits per heavy atom. The predicted octanol–water partition coefficient (Wildman–Crippen LogP) is 3.50. The summed E-state index contributed by atoms with van der Waals surface area (Å²) < 4.78 is 33.6. The molecule has 0 aliphatic carbocycles. The highest BCUT2D eigenvalue weighted by atomic mass is 32.2. The van der Waals surface area contributed by atoms with Gasteiger partial charge in [-0.2, -0.15) is 0 Å². The zero-order valence-electron chi connectivity index (χ0n) is 19.7. The van der Waals surface area contributed by atoms with Crippen LogP contribution in [0.4, 0.5) is 17.1 Å². The Kier molecular flexibility index (Phi) is 7.39. The van der Waals surface area contributed by atoms with Crippen molar-refractivity contribution in [1.82, 2.24) is 4.90 Å². The molecular formula is C24H32N4O5S. The molecule has 0 radical (unpaired) electrons. The van der Waals surface area contributed by atoms with Gasteiger partial charge in [0.1, 0.15) is 5.69 Å². The van der Waals surface area contributed by atoms with Crippen molar-refractivity contribution in [3.63, 3.8) is 0 Å². The van der Waals surface area contributed by atoms with E-state index in [4.69, 9.17) is 4.74 Å². The van der Waals surface area contributed by atoms with Crippen LogP contribution in [0.2, 0.25) is 0 Å². The molecule has 34 heavy (non-hydrogen) atoms. The standard InChI is InChI=1S/C24H32N4O5S/c1-3-27(21-7-5-4-6-8-21)34(31,32)22-9-10-23(24(17-22)28(29)30)25-13-11-20(12-14-25)26-15-16-33-19(2)18-26/h4-10,17,19-20H,3,11-16,18H2,1-2H3/t19-/m1/s1. The molecule has 4 rings (SSSR count). The van der Waals surface area contributed by atoms with Gasteiger partial charge in [-0.15, -0.1) is 0 Å². The van der Waals surface area contributed by atoms with Gasteiger partial charge < -0.3 is 9.64 Å². The van der Waals surface area contributed by atoms with Crippen LogP contribution in [0, 0.1) is 10.1 Å². The molecule has 0 amide bonds. The third kappa shape index (κ3) is 5.03. The number of nitro groups is 1. The molecule has 9 nitrogen and oxygen atoms in total. The van der Waals surface area contributed by atoms with Gasteiger partial charge in [0.05, 0.1) is 28.2 Å². The molecule has 2 aromatic carbocycles. The van der Waals surface area contributed by atoms with E-state index in [-0.39, 0.29) is 23.2 Å². The first-order chi connectivity index (χ1) is 16.3. The van der Waals surface area contributed by atoms with Crippen molar-refractivity contribution in [3.05, 3.63) is 58.6 Å². The summed E-state index contributed by atoms with van der Waals surface area (Å²) in [6, 6.07) is 13.5. The van der Waals surface area contributed by atoms with Crippen LogP contribution in [-0.2, 0) is 14.8 Å². The lowest BCUT2D eigenvalue weighted by molar-refractivity contribution is -0.384. The van der Waals surface area contributed by atoms with Gasteiger partial charge in [0.25, 0.3) is 15.7 Å². The third-order valence-electron chi connectivity index (χ3n) is 6.66. The Morgan fingerprint density at radius 2 is 1.82 bits per heavy atom. The Hall–Kier alpha value is -2.69. The molecule has 0 spiro atoms. The molecule has 0 unspecified atom stereocenters. The average molecular weight is 489 g/mol. The van der Waals surface area contributed by atoms with E-state index < -0.39 is 14.9 Å². The van der Waals surface area contributed by atoms with Gasteiger partial charge in [0, 0.05) is 44.8 Å². The number of benzene rings is 2. The molecule has 2 fully saturated rings. The van der Waals surface area contributed by atoms with Crippen molar-refractivity contribution >= 4 is 27.1 Å². The molecule has 2 heterocycles. The van der Waals surface area contributed by atoms with E-state index >= 15 is 0 Å². The number of rotatable bonds is 7. The summed E-state index contributed by atoms with van der Waals surface area (Å²) in [6.07, 6.45) is 2.03. The van der Waals surface area contributed by atoms with Crippen LogP contribution in [0.25, 0.3) is 0 Å². The van der Waals surface area contributed by atoms with Crippen LogP contribution in [0.1, 0.15) is 26.7 Å². The normalized spacial score (nSPS) is 20.3. The van der Waals surface area contributed by atoms with E-state index in [9.17, 15) is 18.5 Å². The number of para-hydroxylation sites is 1. The minimum absolute atomic E-state index is 0.0779. The number of nitro benzene ring substituents is 1. The second kappa shape index (κ2) is 10.3. The zero-order chi connectivity index (χ0) is 24.3. The van der Waals surface area contributed by atoms with E-state index in [1.807, 2.05) is 11.0 Å². The summed E-state index contributed by atoms with van der Waals surface area (Å²) in [5.41, 5.74) is 0.820. The Balaban J connectivity index is 1.55. The van der Waals surface area contributed by atoms with Crippen LogP contribution >= 0.6 is 0 Å². The quantitative estimate of drug-likeness (QED) is 0.435. The van der Waals surface area contributed by atoms with E-state index in [2.05, 4.69) is 11.8 Å². The number of nitrogens with zero attached hydrogens (tertiary/aromatic N) is 4. The van der Waals surface area contributed by atoms with Gasteiger partial charge in [0.15, 0.2) is 0 Å². The van der Waals surface area contributed by atoms with E-state index in [1.54, 1.807) is 37.3 Å². The molecule has 184 valence electrons.